The number of amides is 1. The van der Waals surface area contributed by atoms with Crippen molar-refractivity contribution in [1.82, 2.24) is 9.88 Å². The maximum absolute atomic E-state index is 13.1. The molecule has 0 radical (unpaired) electrons. The van der Waals surface area contributed by atoms with Crippen LogP contribution in [-0.4, -0.2) is 35.0 Å². The third-order valence-corrected chi connectivity index (χ3v) is 5.56. The Morgan fingerprint density at radius 2 is 2.12 bits per heavy atom. The van der Waals surface area contributed by atoms with Crippen molar-refractivity contribution in [2.45, 2.75) is 38.3 Å². The molecule has 1 saturated heterocycles. The van der Waals surface area contributed by atoms with Crippen LogP contribution in [0.2, 0.25) is 0 Å². The van der Waals surface area contributed by atoms with Gasteiger partial charge in [-0.2, -0.15) is 0 Å². The van der Waals surface area contributed by atoms with Crippen LogP contribution in [0, 0.1) is 6.92 Å². The van der Waals surface area contributed by atoms with Crippen LogP contribution >= 0.6 is 11.3 Å². The summed E-state index contributed by atoms with van der Waals surface area (Å²) in [5.74, 6) is 1.34. The van der Waals surface area contributed by atoms with Crippen LogP contribution in [0.1, 0.15) is 36.0 Å². The SMILES string of the molecule is Cc1csc([C@@H]2CCCCN2C(=O)[C@@H]2COc3ccccc3O2)n1. The van der Waals surface area contributed by atoms with Crippen molar-refractivity contribution in [3.63, 3.8) is 0 Å². The van der Waals surface area contributed by atoms with E-state index >= 15 is 0 Å². The first-order chi connectivity index (χ1) is 11.7. The lowest BCUT2D eigenvalue weighted by molar-refractivity contribution is -0.145. The molecule has 0 bridgehead atoms. The molecule has 4 rings (SSSR count). The number of likely N-dealkylation sites (tertiary alicyclic amines) is 1. The van der Waals surface area contributed by atoms with E-state index in [-0.39, 0.29) is 18.6 Å². The Morgan fingerprint density at radius 1 is 1.29 bits per heavy atom. The number of thiazole rings is 1. The standard InChI is InChI=1S/C18H20N2O3S/c1-12-11-24-17(19-12)13-6-4-5-9-20(13)18(21)16-10-22-14-7-2-3-8-15(14)23-16/h2-3,7-8,11,13,16H,4-6,9-10H2,1H3/t13-,16-/m0/s1. The number of carbonyl (C=O) groups is 1. The van der Waals surface area contributed by atoms with Gasteiger partial charge < -0.3 is 14.4 Å². The number of ether oxygens (including phenoxy) is 2. The average molecular weight is 344 g/mol. The Balaban J connectivity index is 1.54. The number of benzene rings is 1. The minimum absolute atomic E-state index is 0.00190. The molecule has 24 heavy (non-hydrogen) atoms. The molecule has 0 saturated carbocycles. The second-order valence-electron chi connectivity index (χ2n) is 6.23. The van der Waals surface area contributed by atoms with Crippen LogP contribution in [-0.2, 0) is 4.79 Å². The topological polar surface area (TPSA) is 51.7 Å². The molecule has 2 aliphatic heterocycles. The van der Waals surface area contributed by atoms with Crippen molar-refractivity contribution in [2.24, 2.45) is 0 Å². The highest BCUT2D eigenvalue weighted by Gasteiger charge is 2.37. The number of aryl methyl sites for hydroxylation is 1. The highest BCUT2D eigenvalue weighted by molar-refractivity contribution is 7.09. The number of para-hydroxylation sites is 2. The van der Waals surface area contributed by atoms with E-state index in [1.807, 2.05) is 41.5 Å². The van der Waals surface area contributed by atoms with Crippen molar-refractivity contribution in [3.05, 3.63) is 40.3 Å². The summed E-state index contributed by atoms with van der Waals surface area (Å²) in [6.07, 6.45) is 2.53. The summed E-state index contributed by atoms with van der Waals surface area (Å²) >= 11 is 1.64. The van der Waals surface area contributed by atoms with Crippen molar-refractivity contribution < 1.29 is 14.3 Å². The molecule has 0 aliphatic carbocycles. The molecule has 2 aliphatic rings. The molecular weight excluding hydrogens is 324 g/mol. The lowest BCUT2D eigenvalue weighted by Crippen LogP contribution is -2.49. The molecular formula is C18H20N2O3S. The van der Waals surface area contributed by atoms with Crippen LogP contribution in [0.5, 0.6) is 11.5 Å². The van der Waals surface area contributed by atoms with Gasteiger partial charge in [-0.3, -0.25) is 4.79 Å². The number of rotatable bonds is 2. The summed E-state index contributed by atoms with van der Waals surface area (Å²) in [6, 6.07) is 7.54. The molecule has 0 unspecified atom stereocenters. The molecule has 126 valence electrons. The van der Waals surface area contributed by atoms with Crippen LogP contribution in [0.4, 0.5) is 0 Å². The van der Waals surface area contributed by atoms with E-state index in [1.54, 1.807) is 11.3 Å². The van der Waals surface area contributed by atoms with Gasteiger partial charge in [-0.15, -0.1) is 11.3 Å². The van der Waals surface area contributed by atoms with E-state index in [1.165, 1.54) is 0 Å². The van der Waals surface area contributed by atoms with Crippen molar-refractivity contribution >= 4 is 17.2 Å². The van der Waals surface area contributed by atoms with Crippen LogP contribution in [0.15, 0.2) is 29.6 Å². The molecule has 0 N–H and O–H groups in total. The number of carbonyl (C=O) groups excluding carboxylic acids is 1. The van der Waals surface area contributed by atoms with E-state index < -0.39 is 6.10 Å². The van der Waals surface area contributed by atoms with E-state index in [0.717, 1.165) is 36.5 Å². The number of nitrogens with zero attached hydrogens (tertiary/aromatic N) is 2. The first-order valence-corrected chi connectivity index (χ1v) is 9.21. The van der Waals surface area contributed by atoms with E-state index in [2.05, 4.69) is 4.98 Å². The van der Waals surface area contributed by atoms with Crippen LogP contribution < -0.4 is 9.47 Å². The zero-order valence-electron chi connectivity index (χ0n) is 13.6. The third kappa shape index (κ3) is 2.86. The number of piperidine rings is 1. The first kappa shape index (κ1) is 15.4. The summed E-state index contributed by atoms with van der Waals surface area (Å²) < 4.78 is 11.6. The summed E-state index contributed by atoms with van der Waals surface area (Å²) in [7, 11) is 0. The quantitative estimate of drug-likeness (QED) is 0.838. The predicted octanol–water partition coefficient (Wildman–Crippen LogP) is 3.35. The molecule has 1 amide bonds. The third-order valence-electron chi connectivity index (χ3n) is 4.49. The predicted molar refractivity (Wildman–Crippen MR) is 91.5 cm³/mol. The average Bonchev–Trinajstić information content (AvgIpc) is 3.07. The molecule has 3 heterocycles. The molecule has 0 spiro atoms. The minimum Gasteiger partial charge on any atom is -0.485 e. The van der Waals surface area contributed by atoms with Gasteiger partial charge in [-0.25, -0.2) is 4.98 Å². The number of hydrogen-bond donors (Lipinski definition) is 0. The monoisotopic (exact) mass is 344 g/mol. The van der Waals surface area contributed by atoms with Gasteiger partial charge >= 0.3 is 0 Å². The van der Waals surface area contributed by atoms with Gasteiger partial charge in [0.05, 0.1) is 6.04 Å². The Morgan fingerprint density at radius 3 is 2.92 bits per heavy atom. The Hall–Kier alpha value is -2.08. The second-order valence-corrected chi connectivity index (χ2v) is 7.12. The lowest BCUT2D eigenvalue weighted by Gasteiger charge is -2.37. The molecule has 2 aromatic rings. The van der Waals surface area contributed by atoms with Crippen molar-refractivity contribution in [3.8, 4) is 11.5 Å². The van der Waals surface area contributed by atoms with E-state index in [0.29, 0.717) is 11.5 Å². The second kappa shape index (κ2) is 6.43. The van der Waals surface area contributed by atoms with Crippen LogP contribution in [0.3, 0.4) is 0 Å². The summed E-state index contributed by atoms with van der Waals surface area (Å²) in [6.45, 7) is 3.00. The molecule has 6 heteroatoms. The fraction of sp³-hybridized carbons (Fsp3) is 0.444. The Labute approximate surface area is 145 Å². The zero-order valence-corrected chi connectivity index (χ0v) is 14.4. The zero-order chi connectivity index (χ0) is 16.5. The highest BCUT2D eigenvalue weighted by Crippen LogP contribution is 2.35. The largest absolute Gasteiger partial charge is 0.485 e. The van der Waals surface area contributed by atoms with Gasteiger partial charge in [0, 0.05) is 17.6 Å². The van der Waals surface area contributed by atoms with Gasteiger partial charge in [-0.1, -0.05) is 12.1 Å². The van der Waals surface area contributed by atoms with E-state index in [4.69, 9.17) is 9.47 Å². The fourth-order valence-corrected chi connectivity index (χ4v) is 4.25. The molecule has 1 fully saturated rings. The van der Waals surface area contributed by atoms with Gasteiger partial charge in [0.15, 0.2) is 11.5 Å². The number of aromatic nitrogens is 1. The Bertz CT molecular complexity index is 745. The first-order valence-electron chi connectivity index (χ1n) is 8.33. The number of hydrogen-bond acceptors (Lipinski definition) is 5. The molecule has 1 aromatic heterocycles. The molecule has 2 atom stereocenters. The van der Waals surface area contributed by atoms with Crippen molar-refractivity contribution in [2.75, 3.05) is 13.2 Å². The van der Waals surface area contributed by atoms with Gasteiger partial charge in [-0.05, 0) is 38.3 Å². The number of fused-ring (bicyclic) bond motifs is 1. The van der Waals surface area contributed by atoms with Gasteiger partial charge in [0.25, 0.3) is 5.91 Å². The summed E-state index contributed by atoms with van der Waals surface area (Å²) in [5, 5.41) is 3.07. The normalized spacial score (nSPS) is 23.1. The van der Waals surface area contributed by atoms with E-state index in [9.17, 15) is 4.79 Å². The summed E-state index contributed by atoms with van der Waals surface area (Å²) in [5.41, 5.74) is 1.01. The smallest absolute Gasteiger partial charge is 0.267 e. The van der Waals surface area contributed by atoms with Crippen molar-refractivity contribution in [1.29, 1.82) is 0 Å². The highest BCUT2D eigenvalue weighted by atomic mass is 32.1. The molecule has 1 aromatic carbocycles. The fourth-order valence-electron chi connectivity index (χ4n) is 3.30. The maximum Gasteiger partial charge on any atom is 0.267 e. The maximum atomic E-state index is 13.1. The van der Waals surface area contributed by atoms with Gasteiger partial charge in [0.1, 0.15) is 11.6 Å². The van der Waals surface area contributed by atoms with Crippen LogP contribution in [0.25, 0.3) is 0 Å². The van der Waals surface area contributed by atoms with Gasteiger partial charge in [0.2, 0.25) is 6.10 Å². The molecule has 5 nitrogen and oxygen atoms in total. The lowest BCUT2D eigenvalue weighted by atomic mass is 10.0. The minimum atomic E-state index is -0.582. The Kier molecular flexibility index (Phi) is 4.14. The summed E-state index contributed by atoms with van der Waals surface area (Å²) in [4.78, 5) is 19.6.